The molecule has 0 aromatic carbocycles. The molecule has 17 heavy (non-hydrogen) atoms. The molecule has 0 saturated carbocycles. The number of hydrogen-bond acceptors (Lipinski definition) is 5. The number of hydrogen-bond donors (Lipinski definition) is 2. The van der Waals surface area contributed by atoms with Crippen molar-refractivity contribution < 1.29 is 4.39 Å². The zero-order valence-electron chi connectivity index (χ0n) is 9.62. The molecule has 0 aliphatic rings. The van der Waals surface area contributed by atoms with Gasteiger partial charge in [-0.3, -0.25) is 0 Å². The van der Waals surface area contributed by atoms with Gasteiger partial charge in [-0.05, 0) is 25.5 Å². The Morgan fingerprint density at radius 3 is 2.88 bits per heavy atom. The third-order valence-corrected chi connectivity index (χ3v) is 3.56. The van der Waals surface area contributed by atoms with Crippen LogP contribution in [0.25, 0.3) is 0 Å². The molecule has 3 N–H and O–H groups in total. The maximum absolute atomic E-state index is 13.3. The van der Waals surface area contributed by atoms with E-state index in [2.05, 4.69) is 35.2 Å². The number of nitrogen functional groups attached to an aromatic ring is 1. The van der Waals surface area contributed by atoms with Gasteiger partial charge in [0, 0.05) is 9.75 Å². The van der Waals surface area contributed by atoms with Gasteiger partial charge < -0.3 is 11.1 Å². The third kappa shape index (κ3) is 2.71. The summed E-state index contributed by atoms with van der Waals surface area (Å²) in [5.74, 6) is -0.294. The van der Waals surface area contributed by atoms with Crippen LogP contribution in [0.5, 0.6) is 0 Å². The first kappa shape index (κ1) is 11.8. The number of aryl methyl sites for hydroxylation is 2. The number of nitrogens with two attached hydrogens (primary N) is 1. The standard InChI is InChI=1S/C11H13FN4S/c1-6-3-8(17-7(6)2)4-14-10-9(12)5-15-11(13)16-10/h3,5H,4H2,1-2H3,(H3,13,14,15,16). The molecule has 6 heteroatoms. The Labute approximate surface area is 103 Å². The highest BCUT2D eigenvalue weighted by Crippen LogP contribution is 2.21. The lowest BCUT2D eigenvalue weighted by atomic mass is 10.3. The van der Waals surface area contributed by atoms with Crippen molar-refractivity contribution in [1.82, 2.24) is 9.97 Å². The molecule has 0 radical (unpaired) electrons. The molecular formula is C11H13FN4S. The van der Waals surface area contributed by atoms with Crippen molar-refractivity contribution in [1.29, 1.82) is 0 Å². The highest BCUT2D eigenvalue weighted by molar-refractivity contribution is 7.12. The quantitative estimate of drug-likeness (QED) is 0.881. The van der Waals surface area contributed by atoms with Gasteiger partial charge in [0.15, 0.2) is 11.6 Å². The fraction of sp³-hybridized carbons (Fsp3) is 0.273. The second kappa shape index (κ2) is 4.67. The van der Waals surface area contributed by atoms with Crippen LogP contribution in [0, 0.1) is 19.7 Å². The van der Waals surface area contributed by atoms with Crippen LogP contribution in [0.2, 0.25) is 0 Å². The predicted octanol–water partition coefficient (Wildman–Crippen LogP) is 2.49. The van der Waals surface area contributed by atoms with E-state index < -0.39 is 5.82 Å². The van der Waals surface area contributed by atoms with Gasteiger partial charge >= 0.3 is 0 Å². The summed E-state index contributed by atoms with van der Waals surface area (Å²) in [6.07, 6.45) is 1.07. The molecule has 0 bridgehead atoms. The summed E-state index contributed by atoms with van der Waals surface area (Å²) in [7, 11) is 0. The number of thiophene rings is 1. The van der Waals surface area contributed by atoms with Gasteiger partial charge in [0.1, 0.15) is 0 Å². The van der Waals surface area contributed by atoms with Crippen LogP contribution in [-0.2, 0) is 6.54 Å². The summed E-state index contributed by atoms with van der Waals surface area (Å²) in [6.45, 7) is 4.65. The zero-order valence-corrected chi connectivity index (χ0v) is 10.4. The minimum Gasteiger partial charge on any atom is -0.368 e. The molecule has 0 fully saturated rings. The van der Waals surface area contributed by atoms with Crippen LogP contribution >= 0.6 is 11.3 Å². The van der Waals surface area contributed by atoms with E-state index in [0.29, 0.717) is 6.54 Å². The first-order valence-electron chi connectivity index (χ1n) is 5.14. The van der Waals surface area contributed by atoms with Crippen molar-refractivity contribution in [2.24, 2.45) is 0 Å². The highest BCUT2D eigenvalue weighted by atomic mass is 32.1. The molecule has 0 amide bonds. The van der Waals surface area contributed by atoms with E-state index in [1.54, 1.807) is 11.3 Å². The normalized spacial score (nSPS) is 10.5. The average molecular weight is 252 g/mol. The first-order valence-corrected chi connectivity index (χ1v) is 5.95. The predicted molar refractivity (Wildman–Crippen MR) is 67.5 cm³/mol. The minimum absolute atomic E-state index is 0.0624. The van der Waals surface area contributed by atoms with Crippen LogP contribution in [0.15, 0.2) is 12.3 Å². The average Bonchev–Trinajstić information content (AvgIpc) is 2.60. The molecule has 2 aromatic heterocycles. The zero-order chi connectivity index (χ0) is 12.4. The molecule has 0 aliphatic carbocycles. The van der Waals surface area contributed by atoms with Crippen molar-refractivity contribution >= 4 is 23.1 Å². The van der Waals surface area contributed by atoms with Crippen LogP contribution in [0.4, 0.5) is 16.2 Å². The maximum atomic E-state index is 13.3. The molecule has 2 rings (SSSR count). The van der Waals surface area contributed by atoms with E-state index in [4.69, 9.17) is 5.73 Å². The van der Waals surface area contributed by atoms with Crippen molar-refractivity contribution in [3.05, 3.63) is 33.4 Å². The molecule has 0 spiro atoms. The van der Waals surface area contributed by atoms with Crippen LogP contribution in [0.3, 0.4) is 0 Å². The van der Waals surface area contributed by atoms with Gasteiger partial charge in [-0.15, -0.1) is 11.3 Å². The lowest BCUT2D eigenvalue weighted by Crippen LogP contribution is -2.05. The van der Waals surface area contributed by atoms with E-state index in [9.17, 15) is 4.39 Å². The summed E-state index contributed by atoms with van der Waals surface area (Å²) in [5, 5.41) is 2.91. The molecular weight excluding hydrogens is 239 g/mol. The Bertz CT molecular complexity index is 519. The van der Waals surface area contributed by atoms with Gasteiger partial charge in [-0.25, -0.2) is 9.37 Å². The smallest absolute Gasteiger partial charge is 0.222 e. The second-order valence-corrected chi connectivity index (χ2v) is 5.07. The lowest BCUT2D eigenvalue weighted by molar-refractivity contribution is 0.617. The van der Waals surface area contributed by atoms with Crippen LogP contribution in [-0.4, -0.2) is 9.97 Å². The molecule has 2 heterocycles. The molecule has 0 saturated heterocycles. The summed E-state index contributed by atoms with van der Waals surface area (Å²) in [5.41, 5.74) is 6.64. The SMILES string of the molecule is Cc1cc(CNc2nc(N)ncc2F)sc1C. The summed E-state index contributed by atoms with van der Waals surface area (Å²) < 4.78 is 13.3. The number of halogens is 1. The summed E-state index contributed by atoms with van der Waals surface area (Å²) in [6, 6.07) is 2.08. The number of nitrogens with one attached hydrogen (secondary N) is 1. The molecule has 0 unspecified atom stereocenters. The van der Waals surface area contributed by atoms with E-state index in [1.807, 2.05) is 0 Å². The Morgan fingerprint density at radius 1 is 1.47 bits per heavy atom. The summed E-state index contributed by atoms with van der Waals surface area (Å²) in [4.78, 5) is 9.77. The number of rotatable bonds is 3. The van der Waals surface area contributed by atoms with Crippen molar-refractivity contribution in [2.75, 3.05) is 11.1 Å². The van der Waals surface area contributed by atoms with Crippen molar-refractivity contribution in [3.8, 4) is 0 Å². The van der Waals surface area contributed by atoms with Gasteiger partial charge in [0.05, 0.1) is 12.7 Å². The highest BCUT2D eigenvalue weighted by Gasteiger charge is 2.06. The van der Waals surface area contributed by atoms with E-state index in [-0.39, 0.29) is 11.8 Å². The molecule has 4 nitrogen and oxygen atoms in total. The van der Waals surface area contributed by atoms with Crippen molar-refractivity contribution in [3.63, 3.8) is 0 Å². The van der Waals surface area contributed by atoms with Gasteiger partial charge in [-0.2, -0.15) is 4.98 Å². The fourth-order valence-corrected chi connectivity index (χ4v) is 2.41. The lowest BCUT2D eigenvalue weighted by Gasteiger charge is -2.04. The monoisotopic (exact) mass is 252 g/mol. The largest absolute Gasteiger partial charge is 0.368 e. The minimum atomic E-state index is -0.496. The van der Waals surface area contributed by atoms with Crippen LogP contribution in [0.1, 0.15) is 15.3 Å². The van der Waals surface area contributed by atoms with E-state index in [1.165, 1.54) is 10.4 Å². The topological polar surface area (TPSA) is 63.8 Å². The Hall–Kier alpha value is -1.69. The van der Waals surface area contributed by atoms with E-state index in [0.717, 1.165) is 11.1 Å². The van der Waals surface area contributed by atoms with Gasteiger partial charge in [0.2, 0.25) is 5.95 Å². The second-order valence-electron chi connectivity index (χ2n) is 3.73. The van der Waals surface area contributed by atoms with E-state index >= 15 is 0 Å². The number of anilines is 2. The Kier molecular flexibility index (Phi) is 3.23. The Morgan fingerprint density at radius 2 is 2.24 bits per heavy atom. The number of nitrogens with zero attached hydrogens (tertiary/aromatic N) is 2. The summed E-state index contributed by atoms with van der Waals surface area (Å²) >= 11 is 1.68. The molecule has 0 aliphatic heterocycles. The maximum Gasteiger partial charge on any atom is 0.222 e. The third-order valence-electron chi connectivity index (χ3n) is 2.41. The molecule has 90 valence electrons. The Balaban J connectivity index is 2.09. The fourth-order valence-electron chi connectivity index (χ4n) is 1.41. The van der Waals surface area contributed by atoms with Crippen molar-refractivity contribution in [2.45, 2.75) is 20.4 Å². The molecule has 0 atom stereocenters. The molecule has 2 aromatic rings. The first-order chi connectivity index (χ1) is 8.06. The number of aromatic nitrogens is 2. The van der Waals surface area contributed by atoms with Gasteiger partial charge in [0.25, 0.3) is 0 Å². The van der Waals surface area contributed by atoms with Crippen LogP contribution < -0.4 is 11.1 Å². The van der Waals surface area contributed by atoms with Gasteiger partial charge in [-0.1, -0.05) is 0 Å².